The molecule has 0 fully saturated rings. The highest BCUT2D eigenvalue weighted by Gasteiger charge is 2.33. The number of fused-ring (bicyclic) bond motifs is 1. The zero-order chi connectivity index (χ0) is 29.1. The van der Waals surface area contributed by atoms with E-state index in [2.05, 4.69) is 20.9 Å². The molecule has 1 aliphatic heterocycles. The number of esters is 1. The Hall–Kier alpha value is -3.95. The molecule has 7 nitrogen and oxygen atoms in total. The SMILES string of the molecule is CCOC(=O)C1=C(C)N=c2s/c(=C\c3cccc(OC)c3OCc3ccc(Br)cc3)c(=O)n2[C@H]1c1ccc(C)cc1. The van der Waals surface area contributed by atoms with Crippen molar-refractivity contribution in [3.05, 3.63) is 124 Å². The number of halogens is 1. The largest absolute Gasteiger partial charge is 0.493 e. The van der Waals surface area contributed by atoms with Gasteiger partial charge in [0.1, 0.15) is 6.61 Å². The van der Waals surface area contributed by atoms with Gasteiger partial charge in [-0.25, -0.2) is 9.79 Å². The van der Waals surface area contributed by atoms with Crippen LogP contribution in [0.3, 0.4) is 0 Å². The van der Waals surface area contributed by atoms with Crippen LogP contribution in [0.1, 0.15) is 42.1 Å². The number of aryl methyl sites for hydroxylation is 1. The van der Waals surface area contributed by atoms with Gasteiger partial charge in [-0.2, -0.15) is 0 Å². The van der Waals surface area contributed by atoms with Crippen molar-refractivity contribution in [3.63, 3.8) is 0 Å². The molecule has 210 valence electrons. The van der Waals surface area contributed by atoms with E-state index >= 15 is 0 Å². The number of para-hydroxylation sites is 1. The number of ether oxygens (including phenoxy) is 3. The monoisotopic (exact) mass is 632 g/mol. The zero-order valence-corrected chi connectivity index (χ0v) is 25.5. The fraction of sp³-hybridized carbons (Fsp3) is 0.219. The van der Waals surface area contributed by atoms with Crippen LogP contribution in [0.15, 0.2) is 92.3 Å². The van der Waals surface area contributed by atoms with Crippen LogP contribution in [-0.4, -0.2) is 24.3 Å². The smallest absolute Gasteiger partial charge is 0.338 e. The van der Waals surface area contributed by atoms with Gasteiger partial charge in [0.2, 0.25) is 0 Å². The highest BCUT2D eigenvalue weighted by Crippen LogP contribution is 2.33. The third-order valence-electron chi connectivity index (χ3n) is 6.72. The van der Waals surface area contributed by atoms with Crippen molar-refractivity contribution in [3.8, 4) is 11.5 Å². The van der Waals surface area contributed by atoms with Gasteiger partial charge >= 0.3 is 5.97 Å². The Morgan fingerprint density at radius 2 is 1.80 bits per heavy atom. The number of thiazole rings is 1. The summed E-state index contributed by atoms with van der Waals surface area (Å²) in [6, 6.07) is 20.6. The van der Waals surface area contributed by atoms with E-state index < -0.39 is 12.0 Å². The highest BCUT2D eigenvalue weighted by molar-refractivity contribution is 9.10. The average molecular weight is 634 g/mol. The standard InChI is InChI=1S/C32H29BrN2O5S/c1-5-39-31(37)27-20(3)34-32-35(28(27)22-13-9-19(2)10-14-22)30(36)26(41-32)17-23-7-6-8-25(38-4)29(23)40-18-21-11-15-24(33)16-12-21/h6-17,28H,5,18H2,1-4H3/b26-17-/t28-/m0/s1. The van der Waals surface area contributed by atoms with Crippen LogP contribution in [0.5, 0.6) is 11.5 Å². The van der Waals surface area contributed by atoms with Crippen molar-refractivity contribution in [1.29, 1.82) is 0 Å². The molecule has 0 saturated carbocycles. The number of methoxy groups -OCH3 is 1. The molecule has 0 aliphatic carbocycles. The zero-order valence-electron chi connectivity index (χ0n) is 23.1. The van der Waals surface area contributed by atoms with Gasteiger partial charge in [-0.3, -0.25) is 9.36 Å². The Morgan fingerprint density at radius 3 is 2.49 bits per heavy atom. The van der Waals surface area contributed by atoms with Crippen LogP contribution in [0.4, 0.5) is 0 Å². The van der Waals surface area contributed by atoms with E-state index in [1.165, 1.54) is 11.3 Å². The summed E-state index contributed by atoms with van der Waals surface area (Å²) in [6.07, 6.45) is 1.79. The van der Waals surface area contributed by atoms with Gasteiger partial charge in [0, 0.05) is 10.0 Å². The number of hydrogen-bond acceptors (Lipinski definition) is 7. The quantitative estimate of drug-likeness (QED) is 0.241. The van der Waals surface area contributed by atoms with Crippen LogP contribution < -0.4 is 24.4 Å². The maximum Gasteiger partial charge on any atom is 0.338 e. The van der Waals surface area contributed by atoms with E-state index in [0.717, 1.165) is 21.2 Å². The van der Waals surface area contributed by atoms with Crippen LogP contribution in [-0.2, 0) is 16.1 Å². The summed E-state index contributed by atoms with van der Waals surface area (Å²) in [4.78, 5) is 32.3. The normalized spacial score (nSPS) is 14.9. The molecule has 0 spiro atoms. The van der Waals surface area contributed by atoms with E-state index in [1.54, 1.807) is 31.6 Å². The summed E-state index contributed by atoms with van der Waals surface area (Å²) in [5.41, 5.74) is 4.20. The van der Waals surface area contributed by atoms with Gasteiger partial charge in [0.15, 0.2) is 16.3 Å². The molecule has 0 saturated heterocycles. The Labute approximate surface area is 250 Å². The summed E-state index contributed by atoms with van der Waals surface area (Å²) in [7, 11) is 1.58. The van der Waals surface area contributed by atoms with E-state index in [1.807, 2.05) is 73.7 Å². The minimum absolute atomic E-state index is 0.222. The second kappa shape index (κ2) is 12.3. The fourth-order valence-corrected chi connectivity index (χ4v) is 6.00. The lowest BCUT2D eigenvalue weighted by molar-refractivity contribution is -0.139. The second-order valence-electron chi connectivity index (χ2n) is 9.51. The van der Waals surface area contributed by atoms with Gasteiger partial charge in [-0.05, 0) is 56.2 Å². The second-order valence-corrected chi connectivity index (χ2v) is 11.4. The summed E-state index contributed by atoms with van der Waals surface area (Å²) in [5.74, 6) is 0.605. The Kier molecular flexibility index (Phi) is 8.56. The third-order valence-corrected chi connectivity index (χ3v) is 8.23. The fourth-order valence-electron chi connectivity index (χ4n) is 4.69. The number of nitrogens with zero attached hydrogens (tertiary/aromatic N) is 2. The first kappa shape index (κ1) is 28.6. The third kappa shape index (κ3) is 5.92. The summed E-state index contributed by atoms with van der Waals surface area (Å²) < 4.78 is 20.2. The van der Waals surface area contributed by atoms with Crippen LogP contribution in [0.2, 0.25) is 0 Å². The Balaban J connectivity index is 1.63. The molecular weight excluding hydrogens is 604 g/mol. The van der Waals surface area contributed by atoms with Crippen molar-refractivity contribution in [1.82, 2.24) is 4.57 Å². The van der Waals surface area contributed by atoms with Crippen LogP contribution >= 0.6 is 27.3 Å². The average Bonchev–Trinajstić information content (AvgIpc) is 3.26. The lowest BCUT2D eigenvalue weighted by atomic mass is 9.95. The maximum absolute atomic E-state index is 14.0. The Bertz CT molecular complexity index is 1800. The molecule has 0 N–H and O–H groups in total. The topological polar surface area (TPSA) is 79.1 Å². The molecule has 5 rings (SSSR count). The van der Waals surface area contributed by atoms with Gasteiger partial charge in [0.25, 0.3) is 5.56 Å². The molecule has 4 aromatic rings. The summed E-state index contributed by atoms with van der Waals surface area (Å²) >= 11 is 4.72. The van der Waals surface area contributed by atoms with Gasteiger partial charge in [-0.15, -0.1) is 0 Å². The molecule has 41 heavy (non-hydrogen) atoms. The molecule has 0 radical (unpaired) electrons. The summed E-state index contributed by atoms with van der Waals surface area (Å²) in [5, 5.41) is 0. The summed E-state index contributed by atoms with van der Waals surface area (Å²) in [6.45, 7) is 6.08. The molecule has 1 atom stereocenters. The number of allylic oxidation sites excluding steroid dienone is 1. The van der Waals surface area contributed by atoms with Crippen molar-refractivity contribution < 1.29 is 19.0 Å². The molecule has 0 unspecified atom stereocenters. The molecule has 1 aromatic heterocycles. The van der Waals surface area contributed by atoms with Crippen molar-refractivity contribution in [2.24, 2.45) is 4.99 Å². The number of aromatic nitrogens is 1. The number of carbonyl (C=O) groups excluding carboxylic acids is 1. The first-order valence-electron chi connectivity index (χ1n) is 13.1. The first-order valence-corrected chi connectivity index (χ1v) is 14.7. The molecule has 1 aliphatic rings. The van der Waals surface area contributed by atoms with E-state index in [4.69, 9.17) is 14.2 Å². The van der Waals surface area contributed by atoms with Gasteiger partial charge in [-0.1, -0.05) is 81.4 Å². The molecular formula is C32H29BrN2O5S. The van der Waals surface area contributed by atoms with E-state index in [9.17, 15) is 9.59 Å². The van der Waals surface area contributed by atoms with Gasteiger partial charge < -0.3 is 14.2 Å². The van der Waals surface area contributed by atoms with Gasteiger partial charge in [0.05, 0.1) is 35.6 Å². The van der Waals surface area contributed by atoms with Crippen LogP contribution in [0, 0.1) is 6.92 Å². The minimum Gasteiger partial charge on any atom is -0.493 e. The Morgan fingerprint density at radius 1 is 1.07 bits per heavy atom. The number of benzene rings is 3. The molecule has 0 bridgehead atoms. The predicted octanol–water partition coefficient (Wildman–Crippen LogP) is 5.46. The van der Waals surface area contributed by atoms with Crippen LogP contribution in [0.25, 0.3) is 6.08 Å². The molecule has 9 heteroatoms. The number of carbonyl (C=O) groups is 1. The molecule has 3 aromatic carbocycles. The number of rotatable bonds is 8. The first-order chi connectivity index (χ1) is 19.8. The minimum atomic E-state index is -0.661. The van der Waals surface area contributed by atoms with E-state index in [0.29, 0.717) is 44.3 Å². The highest BCUT2D eigenvalue weighted by atomic mass is 79.9. The van der Waals surface area contributed by atoms with Crippen molar-refractivity contribution in [2.45, 2.75) is 33.4 Å². The lowest BCUT2D eigenvalue weighted by Crippen LogP contribution is -2.39. The lowest BCUT2D eigenvalue weighted by Gasteiger charge is -2.24. The van der Waals surface area contributed by atoms with Crippen molar-refractivity contribution >= 4 is 39.3 Å². The number of hydrogen-bond donors (Lipinski definition) is 0. The molecule has 2 heterocycles. The van der Waals surface area contributed by atoms with Crippen molar-refractivity contribution in [2.75, 3.05) is 13.7 Å². The maximum atomic E-state index is 14.0. The predicted molar refractivity (Wildman–Crippen MR) is 163 cm³/mol. The molecule has 0 amide bonds. The van der Waals surface area contributed by atoms with E-state index in [-0.39, 0.29) is 12.2 Å².